The minimum Gasteiger partial charge on any atom is -0.349 e. The van der Waals surface area contributed by atoms with Gasteiger partial charge in [0.05, 0.1) is 17.1 Å². The molecule has 1 amide bonds. The average molecular weight is 335 g/mol. The maximum atomic E-state index is 12.4. The molecule has 0 aliphatic heterocycles. The van der Waals surface area contributed by atoms with E-state index >= 15 is 0 Å². The first-order chi connectivity index (χ1) is 12.0. The number of carbonyl (C=O) groups excluding carboxylic acids is 1. The zero-order valence-electron chi connectivity index (χ0n) is 14.6. The second-order valence-electron chi connectivity index (χ2n) is 6.16. The molecule has 2 aromatic heterocycles. The predicted molar refractivity (Wildman–Crippen MR) is 95.7 cm³/mol. The summed E-state index contributed by atoms with van der Waals surface area (Å²) < 4.78 is 1.87. The Morgan fingerprint density at radius 1 is 1.20 bits per heavy atom. The van der Waals surface area contributed by atoms with E-state index in [9.17, 15) is 4.79 Å². The van der Waals surface area contributed by atoms with E-state index in [0.29, 0.717) is 12.0 Å². The third-order valence-corrected chi connectivity index (χ3v) is 3.89. The normalized spacial score (nSPS) is 12.0. The van der Waals surface area contributed by atoms with Crippen LogP contribution in [-0.4, -0.2) is 31.7 Å². The van der Waals surface area contributed by atoms with Gasteiger partial charge >= 0.3 is 0 Å². The molecule has 3 rings (SSSR count). The molecule has 0 spiro atoms. The van der Waals surface area contributed by atoms with Gasteiger partial charge in [0.15, 0.2) is 0 Å². The second-order valence-corrected chi connectivity index (χ2v) is 6.16. The lowest BCUT2D eigenvalue weighted by atomic mass is 10.1. The van der Waals surface area contributed by atoms with Crippen LogP contribution >= 0.6 is 0 Å². The molecule has 0 fully saturated rings. The van der Waals surface area contributed by atoms with Crippen molar-refractivity contribution in [2.75, 3.05) is 0 Å². The van der Waals surface area contributed by atoms with Crippen LogP contribution in [0.4, 0.5) is 0 Å². The molecule has 0 unspecified atom stereocenters. The SMILES string of the molecule is Cc1cc(C)n(-c2ccc(C(=O)N[C@@H](C)Cc3cnccn3)cc2)n1. The van der Waals surface area contributed by atoms with Crippen molar-refractivity contribution in [3.8, 4) is 5.69 Å². The summed E-state index contributed by atoms with van der Waals surface area (Å²) in [5.74, 6) is -0.101. The van der Waals surface area contributed by atoms with E-state index in [1.54, 1.807) is 18.6 Å². The molecule has 0 radical (unpaired) electrons. The van der Waals surface area contributed by atoms with E-state index < -0.39 is 0 Å². The molecule has 3 aromatic rings. The van der Waals surface area contributed by atoms with Crippen LogP contribution in [0.5, 0.6) is 0 Å². The van der Waals surface area contributed by atoms with Crippen LogP contribution in [-0.2, 0) is 6.42 Å². The Labute approximate surface area is 146 Å². The number of nitrogens with zero attached hydrogens (tertiary/aromatic N) is 4. The zero-order chi connectivity index (χ0) is 17.8. The highest BCUT2D eigenvalue weighted by Crippen LogP contribution is 2.13. The highest BCUT2D eigenvalue weighted by atomic mass is 16.1. The second kappa shape index (κ2) is 7.25. The van der Waals surface area contributed by atoms with Crippen LogP contribution in [0.2, 0.25) is 0 Å². The van der Waals surface area contributed by atoms with Crippen LogP contribution in [0.3, 0.4) is 0 Å². The Morgan fingerprint density at radius 2 is 1.96 bits per heavy atom. The quantitative estimate of drug-likeness (QED) is 0.778. The van der Waals surface area contributed by atoms with E-state index in [1.807, 2.05) is 55.8 Å². The van der Waals surface area contributed by atoms with Gasteiger partial charge in [-0.3, -0.25) is 14.8 Å². The van der Waals surface area contributed by atoms with Gasteiger partial charge in [-0.05, 0) is 51.1 Å². The fraction of sp³-hybridized carbons (Fsp3) is 0.263. The molecular weight excluding hydrogens is 314 g/mol. The molecule has 0 bridgehead atoms. The summed E-state index contributed by atoms with van der Waals surface area (Å²) in [4.78, 5) is 20.7. The van der Waals surface area contributed by atoms with Gasteiger partial charge < -0.3 is 5.32 Å². The fourth-order valence-electron chi connectivity index (χ4n) is 2.75. The Kier molecular flexibility index (Phi) is 4.88. The number of hydrogen-bond donors (Lipinski definition) is 1. The minimum atomic E-state index is -0.101. The Hall–Kier alpha value is -3.02. The van der Waals surface area contributed by atoms with E-state index in [4.69, 9.17) is 0 Å². The van der Waals surface area contributed by atoms with E-state index in [1.165, 1.54) is 0 Å². The van der Waals surface area contributed by atoms with Gasteiger partial charge in [0, 0.05) is 42.3 Å². The van der Waals surface area contributed by atoms with Gasteiger partial charge in [-0.15, -0.1) is 0 Å². The van der Waals surface area contributed by atoms with E-state index in [2.05, 4.69) is 20.4 Å². The number of aryl methyl sites for hydroxylation is 2. The van der Waals surface area contributed by atoms with Gasteiger partial charge in [0.1, 0.15) is 0 Å². The van der Waals surface area contributed by atoms with Crippen molar-refractivity contribution in [2.45, 2.75) is 33.2 Å². The first-order valence-electron chi connectivity index (χ1n) is 8.22. The van der Waals surface area contributed by atoms with Crippen LogP contribution < -0.4 is 5.32 Å². The number of aromatic nitrogens is 4. The van der Waals surface area contributed by atoms with Crippen molar-refractivity contribution in [3.05, 3.63) is 71.6 Å². The summed E-state index contributed by atoms with van der Waals surface area (Å²) in [6.45, 7) is 5.93. The number of nitrogens with one attached hydrogen (secondary N) is 1. The number of hydrogen-bond acceptors (Lipinski definition) is 4. The minimum absolute atomic E-state index is 0.0279. The number of benzene rings is 1. The Morgan fingerprint density at radius 3 is 2.56 bits per heavy atom. The molecule has 1 atom stereocenters. The summed E-state index contributed by atoms with van der Waals surface area (Å²) in [6.07, 6.45) is 5.65. The number of amides is 1. The summed E-state index contributed by atoms with van der Waals surface area (Å²) in [5.41, 5.74) is 4.45. The number of rotatable bonds is 5. The summed E-state index contributed by atoms with van der Waals surface area (Å²) in [6, 6.07) is 9.43. The number of carbonyl (C=O) groups is 1. The molecular formula is C19H21N5O. The maximum absolute atomic E-state index is 12.4. The predicted octanol–water partition coefficient (Wildman–Crippen LogP) is 2.64. The molecule has 0 aliphatic rings. The van der Waals surface area contributed by atoms with Crippen molar-refractivity contribution in [1.29, 1.82) is 0 Å². The van der Waals surface area contributed by atoms with Crippen molar-refractivity contribution in [2.24, 2.45) is 0 Å². The first kappa shape index (κ1) is 16.8. The molecule has 1 N–H and O–H groups in total. The fourth-order valence-corrected chi connectivity index (χ4v) is 2.75. The van der Waals surface area contributed by atoms with Gasteiger partial charge in [0.25, 0.3) is 5.91 Å². The molecule has 2 heterocycles. The monoisotopic (exact) mass is 335 g/mol. The van der Waals surface area contributed by atoms with Crippen molar-refractivity contribution >= 4 is 5.91 Å². The summed E-state index contributed by atoms with van der Waals surface area (Å²) in [5, 5.41) is 7.44. The highest BCUT2D eigenvalue weighted by Gasteiger charge is 2.12. The van der Waals surface area contributed by atoms with Gasteiger partial charge in [-0.2, -0.15) is 5.10 Å². The molecule has 0 aliphatic carbocycles. The van der Waals surface area contributed by atoms with Crippen LogP contribution in [0.25, 0.3) is 5.69 Å². The standard InChI is InChI=1S/C19H21N5O/c1-13(11-17-12-20-8-9-21-17)22-19(25)16-4-6-18(7-5-16)24-15(3)10-14(2)23-24/h4-10,12-13H,11H2,1-3H3,(H,22,25)/t13-/m0/s1. The summed E-state index contributed by atoms with van der Waals surface area (Å²) >= 11 is 0. The molecule has 6 heteroatoms. The Balaban J connectivity index is 1.65. The molecule has 0 saturated heterocycles. The van der Waals surface area contributed by atoms with E-state index in [0.717, 1.165) is 22.8 Å². The molecule has 1 aromatic carbocycles. The smallest absolute Gasteiger partial charge is 0.251 e. The van der Waals surface area contributed by atoms with Gasteiger partial charge in [-0.25, -0.2) is 4.68 Å². The topological polar surface area (TPSA) is 72.7 Å². The lowest BCUT2D eigenvalue weighted by Crippen LogP contribution is -2.34. The maximum Gasteiger partial charge on any atom is 0.251 e. The van der Waals surface area contributed by atoms with Crippen LogP contribution in [0, 0.1) is 13.8 Å². The third-order valence-electron chi connectivity index (χ3n) is 3.89. The van der Waals surface area contributed by atoms with Crippen LogP contribution in [0.15, 0.2) is 48.9 Å². The van der Waals surface area contributed by atoms with Crippen molar-refractivity contribution < 1.29 is 4.79 Å². The molecule has 6 nitrogen and oxygen atoms in total. The first-order valence-corrected chi connectivity index (χ1v) is 8.22. The third kappa shape index (κ3) is 4.09. The highest BCUT2D eigenvalue weighted by molar-refractivity contribution is 5.94. The molecule has 0 saturated carbocycles. The largest absolute Gasteiger partial charge is 0.349 e. The van der Waals surface area contributed by atoms with Crippen LogP contribution in [0.1, 0.15) is 34.4 Å². The molecule has 25 heavy (non-hydrogen) atoms. The lowest BCUT2D eigenvalue weighted by molar-refractivity contribution is 0.0940. The van der Waals surface area contributed by atoms with Crippen molar-refractivity contribution in [1.82, 2.24) is 25.1 Å². The summed E-state index contributed by atoms with van der Waals surface area (Å²) in [7, 11) is 0. The van der Waals surface area contributed by atoms with Gasteiger partial charge in [0.2, 0.25) is 0 Å². The van der Waals surface area contributed by atoms with Gasteiger partial charge in [-0.1, -0.05) is 0 Å². The molecule has 128 valence electrons. The average Bonchev–Trinajstić information content (AvgIpc) is 2.94. The lowest BCUT2D eigenvalue weighted by Gasteiger charge is -2.13. The van der Waals surface area contributed by atoms with Crippen molar-refractivity contribution in [3.63, 3.8) is 0 Å². The van der Waals surface area contributed by atoms with E-state index in [-0.39, 0.29) is 11.9 Å². The Bertz CT molecular complexity index is 855. The zero-order valence-corrected chi connectivity index (χ0v) is 14.6.